The molecule has 2 aliphatic heterocycles. The number of aromatic nitrogens is 2. The zero-order chi connectivity index (χ0) is 19.2. The van der Waals surface area contributed by atoms with Gasteiger partial charge in [0.15, 0.2) is 5.82 Å². The Labute approximate surface area is 167 Å². The van der Waals surface area contributed by atoms with E-state index in [0.717, 1.165) is 70.2 Å². The van der Waals surface area contributed by atoms with Crippen molar-refractivity contribution in [2.24, 2.45) is 5.92 Å². The molecule has 1 aromatic heterocycles. The van der Waals surface area contributed by atoms with Crippen LogP contribution in [0.5, 0.6) is 0 Å². The molecule has 1 aliphatic carbocycles. The molecule has 28 heavy (non-hydrogen) atoms. The highest BCUT2D eigenvalue weighted by atomic mass is 16.5. The van der Waals surface area contributed by atoms with Crippen LogP contribution in [0.25, 0.3) is 0 Å². The Bertz CT molecular complexity index is 618. The quantitative estimate of drug-likeness (QED) is 0.809. The van der Waals surface area contributed by atoms with Gasteiger partial charge in [0.05, 0.1) is 6.10 Å². The Kier molecular flexibility index (Phi) is 6.62. The van der Waals surface area contributed by atoms with Gasteiger partial charge >= 0.3 is 0 Å². The second-order valence-electron chi connectivity index (χ2n) is 8.37. The van der Waals surface area contributed by atoms with E-state index < -0.39 is 0 Å². The first-order chi connectivity index (χ1) is 13.8. The molecule has 0 bridgehead atoms. The Balaban J connectivity index is 1.21. The highest BCUT2D eigenvalue weighted by molar-refractivity contribution is 5.76. The second-order valence-corrected chi connectivity index (χ2v) is 8.37. The number of carbonyl (C=O) groups excluding carboxylic acids is 1. The fourth-order valence-electron chi connectivity index (χ4n) is 4.56. The minimum absolute atomic E-state index is 0.292. The minimum Gasteiger partial charge on any atom is -0.376 e. The van der Waals surface area contributed by atoms with Gasteiger partial charge < -0.3 is 19.9 Å². The number of ether oxygens (including phenoxy) is 1. The molecule has 0 radical (unpaired) electrons. The predicted octanol–water partition coefficient (Wildman–Crippen LogP) is 2.69. The average Bonchev–Trinajstić information content (AvgIpc) is 3.27. The molecule has 4 rings (SSSR count). The summed E-state index contributed by atoms with van der Waals surface area (Å²) in [5.41, 5.74) is 0. The third-order valence-corrected chi connectivity index (χ3v) is 6.33. The van der Waals surface area contributed by atoms with E-state index in [0.29, 0.717) is 17.9 Å². The van der Waals surface area contributed by atoms with Gasteiger partial charge in [-0.2, -0.15) is 0 Å². The van der Waals surface area contributed by atoms with Gasteiger partial charge in [0.25, 0.3) is 0 Å². The van der Waals surface area contributed by atoms with Gasteiger partial charge in [-0.25, -0.2) is 0 Å². The van der Waals surface area contributed by atoms with E-state index in [9.17, 15) is 4.79 Å². The van der Waals surface area contributed by atoms with Gasteiger partial charge in [0.2, 0.25) is 5.91 Å². The summed E-state index contributed by atoms with van der Waals surface area (Å²) in [5.74, 6) is 2.63. The van der Waals surface area contributed by atoms with Crippen molar-refractivity contribution in [3.8, 4) is 0 Å². The van der Waals surface area contributed by atoms with E-state index in [4.69, 9.17) is 4.74 Å². The van der Waals surface area contributed by atoms with E-state index in [2.05, 4.69) is 20.4 Å². The first-order valence-electron chi connectivity index (χ1n) is 11.0. The molecule has 1 amide bonds. The van der Waals surface area contributed by atoms with Crippen molar-refractivity contribution >= 4 is 17.5 Å². The molecule has 7 heteroatoms. The molecule has 3 heterocycles. The molecule has 3 fully saturated rings. The second kappa shape index (κ2) is 9.54. The molecule has 1 atom stereocenters. The molecular weight excluding hydrogens is 354 g/mol. The maximum Gasteiger partial charge on any atom is 0.222 e. The molecule has 1 saturated carbocycles. The zero-order valence-electron chi connectivity index (χ0n) is 16.8. The van der Waals surface area contributed by atoms with Gasteiger partial charge in [-0.05, 0) is 43.7 Å². The number of nitrogens with zero attached hydrogens (tertiary/aromatic N) is 4. The summed E-state index contributed by atoms with van der Waals surface area (Å²) in [6, 6.07) is 4.00. The highest BCUT2D eigenvalue weighted by Gasteiger charge is 2.25. The number of rotatable bonds is 6. The standard InChI is InChI=1S/C21H33N5O2/c27-21(15-17-5-2-1-3-6-17)26-12-10-25(11-13-26)20-9-8-19(23-24-20)22-16-18-7-4-14-28-18/h8-9,17-18H,1-7,10-16H2,(H,22,23). The number of amides is 1. The maximum atomic E-state index is 12.6. The number of hydrogen-bond donors (Lipinski definition) is 1. The Morgan fingerprint density at radius 3 is 2.54 bits per heavy atom. The predicted molar refractivity (Wildman–Crippen MR) is 109 cm³/mol. The Morgan fingerprint density at radius 1 is 1.04 bits per heavy atom. The summed E-state index contributed by atoms with van der Waals surface area (Å²) >= 11 is 0. The smallest absolute Gasteiger partial charge is 0.222 e. The largest absolute Gasteiger partial charge is 0.376 e. The lowest BCUT2D eigenvalue weighted by molar-refractivity contribution is -0.132. The lowest BCUT2D eigenvalue weighted by atomic mass is 9.86. The SMILES string of the molecule is O=C(CC1CCCCC1)N1CCN(c2ccc(NCC3CCCO3)nn2)CC1. The molecule has 7 nitrogen and oxygen atoms in total. The van der Waals surface area contributed by atoms with Crippen LogP contribution in [0.3, 0.4) is 0 Å². The van der Waals surface area contributed by atoms with Crippen LogP contribution in [0.1, 0.15) is 51.4 Å². The van der Waals surface area contributed by atoms with Crippen LogP contribution >= 0.6 is 0 Å². The summed E-state index contributed by atoms with van der Waals surface area (Å²) in [7, 11) is 0. The molecule has 2 saturated heterocycles. The summed E-state index contributed by atoms with van der Waals surface area (Å²) < 4.78 is 5.62. The van der Waals surface area contributed by atoms with Crippen LogP contribution in [-0.4, -0.2) is 66.4 Å². The van der Waals surface area contributed by atoms with E-state index in [1.807, 2.05) is 17.0 Å². The molecule has 1 N–H and O–H groups in total. The lowest BCUT2D eigenvalue weighted by Gasteiger charge is -2.36. The summed E-state index contributed by atoms with van der Waals surface area (Å²) in [6.45, 7) is 4.88. The van der Waals surface area contributed by atoms with Gasteiger partial charge in [-0.15, -0.1) is 10.2 Å². The van der Waals surface area contributed by atoms with E-state index in [1.54, 1.807) is 0 Å². The van der Waals surface area contributed by atoms with Crippen molar-refractivity contribution in [3.05, 3.63) is 12.1 Å². The molecule has 0 spiro atoms. The van der Waals surface area contributed by atoms with E-state index >= 15 is 0 Å². The van der Waals surface area contributed by atoms with Crippen molar-refractivity contribution in [2.45, 2.75) is 57.5 Å². The summed E-state index contributed by atoms with van der Waals surface area (Å²) in [6.07, 6.45) is 9.68. The van der Waals surface area contributed by atoms with Crippen LogP contribution < -0.4 is 10.2 Å². The topological polar surface area (TPSA) is 70.6 Å². The van der Waals surface area contributed by atoms with Crippen LogP contribution in [0.2, 0.25) is 0 Å². The molecule has 0 aromatic carbocycles. The van der Waals surface area contributed by atoms with Gasteiger partial charge in [-0.1, -0.05) is 19.3 Å². The number of hydrogen-bond acceptors (Lipinski definition) is 6. The maximum absolute atomic E-state index is 12.6. The van der Waals surface area contributed by atoms with Crippen molar-refractivity contribution in [2.75, 3.05) is 49.5 Å². The molecule has 3 aliphatic rings. The fourth-order valence-corrected chi connectivity index (χ4v) is 4.56. The normalized spacial score (nSPS) is 23.8. The van der Waals surface area contributed by atoms with Crippen LogP contribution in [0.4, 0.5) is 11.6 Å². The zero-order valence-corrected chi connectivity index (χ0v) is 16.8. The Hall–Kier alpha value is -1.89. The van der Waals surface area contributed by atoms with Crippen LogP contribution in [0, 0.1) is 5.92 Å². The Morgan fingerprint density at radius 2 is 1.86 bits per heavy atom. The van der Waals surface area contributed by atoms with E-state index in [-0.39, 0.29) is 0 Å². The molecule has 1 unspecified atom stereocenters. The molecule has 154 valence electrons. The fraction of sp³-hybridized carbons (Fsp3) is 0.762. The first-order valence-corrected chi connectivity index (χ1v) is 11.0. The van der Waals surface area contributed by atoms with Crippen molar-refractivity contribution in [1.29, 1.82) is 0 Å². The summed E-state index contributed by atoms with van der Waals surface area (Å²) in [5, 5.41) is 12.0. The van der Waals surface area contributed by atoms with Crippen LogP contribution in [0.15, 0.2) is 12.1 Å². The number of nitrogens with one attached hydrogen (secondary N) is 1. The summed E-state index contributed by atoms with van der Waals surface area (Å²) in [4.78, 5) is 16.9. The monoisotopic (exact) mass is 387 g/mol. The van der Waals surface area contributed by atoms with Crippen molar-refractivity contribution in [1.82, 2.24) is 15.1 Å². The van der Waals surface area contributed by atoms with Crippen molar-refractivity contribution in [3.63, 3.8) is 0 Å². The van der Waals surface area contributed by atoms with Gasteiger partial charge in [-0.3, -0.25) is 4.79 Å². The number of anilines is 2. The first kappa shape index (κ1) is 19.4. The number of piperazine rings is 1. The average molecular weight is 388 g/mol. The molecular formula is C21H33N5O2. The number of carbonyl (C=O) groups is 1. The van der Waals surface area contributed by atoms with Crippen LogP contribution in [-0.2, 0) is 9.53 Å². The van der Waals surface area contributed by atoms with Gasteiger partial charge in [0, 0.05) is 45.8 Å². The van der Waals surface area contributed by atoms with Crippen molar-refractivity contribution < 1.29 is 9.53 Å². The third kappa shape index (κ3) is 5.13. The molecule has 1 aromatic rings. The van der Waals surface area contributed by atoms with Gasteiger partial charge in [0.1, 0.15) is 5.82 Å². The van der Waals surface area contributed by atoms with E-state index in [1.165, 1.54) is 32.1 Å². The minimum atomic E-state index is 0.292. The lowest BCUT2D eigenvalue weighted by Crippen LogP contribution is -2.49. The highest BCUT2D eigenvalue weighted by Crippen LogP contribution is 2.27. The third-order valence-electron chi connectivity index (χ3n) is 6.33.